The molecule has 0 atom stereocenters. The van der Waals surface area contributed by atoms with Crippen LogP contribution in [-0.4, -0.2) is 37.3 Å². The first-order chi connectivity index (χ1) is 7.76. The minimum atomic E-state index is -0.00871. The topological polar surface area (TPSA) is 93.0 Å². The van der Waals surface area contributed by atoms with Crippen LogP contribution in [0.4, 0.5) is 17.3 Å². The van der Waals surface area contributed by atoms with Crippen molar-refractivity contribution in [2.24, 2.45) is 0 Å². The minimum absolute atomic E-state index is 0.00871. The fourth-order valence-corrected chi connectivity index (χ4v) is 1.29. The summed E-state index contributed by atoms with van der Waals surface area (Å²) in [7, 11) is 3.50. The van der Waals surface area contributed by atoms with Crippen molar-refractivity contribution < 1.29 is 5.11 Å². The zero-order valence-electron chi connectivity index (χ0n) is 9.33. The Hall–Kier alpha value is -2.00. The predicted octanol–water partition coefficient (Wildman–Crippen LogP) is 0.441. The van der Waals surface area contributed by atoms with E-state index in [4.69, 9.17) is 10.4 Å². The van der Waals surface area contributed by atoms with Gasteiger partial charge in [0.25, 0.3) is 0 Å². The highest BCUT2D eigenvalue weighted by atomic mass is 16.3. The lowest BCUT2D eigenvalue weighted by atomic mass is 10.2. The smallest absolute Gasteiger partial charge is 0.148 e. The molecule has 0 aromatic carbocycles. The molecule has 0 fully saturated rings. The van der Waals surface area contributed by atoms with E-state index in [0.29, 0.717) is 29.4 Å². The Morgan fingerprint density at radius 1 is 1.44 bits per heavy atom. The molecular formula is C10H15N5O. The van der Waals surface area contributed by atoms with Gasteiger partial charge in [-0.25, -0.2) is 4.98 Å². The minimum Gasteiger partial charge on any atom is -0.395 e. The molecule has 16 heavy (non-hydrogen) atoms. The molecule has 0 unspecified atom stereocenters. The lowest BCUT2D eigenvalue weighted by Crippen LogP contribution is -2.11. The SMILES string of the molecule is CNc1cc(NC)c(C#N)c(NCCO)n1. The van der Waals surface area contributed by atoms with Gasteiger partial charge in [0.15, 0.2) is 0 Å². The van der Waals surface area contributed by atoms with E-state index in [1.807, 2.05) is 0 Å². The number of anilines is 3. The van der Waals surface area contributed by atoms with Gasteiger partial charge in [0, 0.05) is 26.7 Å². The van der Waals surface area contributed by atoms with Crippen LogP contribution in [0, 0.1) is 11.3 Å². The van der Waals surface area contributed by atoms with Gasteiger partial charge in [-0.1, -0.05) is 0 Å². The number of nitrogens with one attached hydrogen (secondary N) is 3. The maximum absolute atomic E-state index is 9.04. The highest BCUT2D eigenvalue weighted by Gasteiger charge is 2.10. The first-order valence-corrected chi connectivity index (χ1v) is 4.92. The number of aliphatic hydroxyl groups is 1. The van der Waals surface area contributed by atoms with E-state index in [-0.39, 0.29) is 6.61 Å². The van der Waals surface area contributed by atoms with Crippen LogP contribution < -0.4 is 16.0 Å². The normalized spacial score (nSPS) is 9.38. The van der Waals surface area contributed by atoms with Crippen molar-refractivity contribution >= 4 is 17.3 Å². The molecule has 0 spiro atoms. The van der Waals surface area contributed by atoms with Gasteiger partial charge in [0.1, 0.15) is 23.3 Å². The Morgan fingerprint density at radius 3 is 2.69 bits per heavy atom. The third-order valence-corrected chi connectivity index (χ3v) is 2.06. The molecule has 86 valence electrons. The lowest BCUT2D eigenvalue weighted by Gasteiger charge is -2.12. The van der Waals surface area contributed by atoms with Gasteiger partial charge in [-0.15, -0.1) is 0 Å². The molecule has 6 nitrogen and oxygen atoms in total. The van der Waals surface area contributed by atoms with Gasteiger partial charge in [0.2, 0.25) is 0 Å². The molecule has 0 aliphatic heterocycles. The van der Waals surface area contributed by atoms with Crippen LogP contribution in [0.15, 0.2) is 6.07 Å². The number of hydrogen-bond donors (Lipinski definition) is 4. The van der Waals surface area contributed by atoms with Gasteiger partial charge in [0.05, 0.1) is 12.3 Å². The molecule has 0 aliphatic carbocycles. The van der Waals surface area contributed by atoms with Gasteiger partial charge in [-0.3, -0.25) is 0 Å². The molecule has 0 saturated carbocycles. The fraction of sp³-hybridized carbons (Fsp3) is 0.400. The van der Waals surface area contributed by atoms with E-state index >= 15 is 0 Å². The van der Waals surface area contributed by atoms with Crippen molar-refractivity contribution in [2.45, 2.75) is 0 Å². The van der Waals surface area contributed by atoms with Crippen molar-refractivity contribution in [3.8, 4) is 6.07 Å². The largest absolute Gasteiger partial charge is 0.395 e. The maximum atomic E-state index is 9.04. The summed E-state index contributed by atoms with van der Waals surface area (Å²) >= 11 is 0. The molecule has 1 rings (SSSR count). The van der Waals surface area contributed by atoms with E-state index in [0.717, 1.165) is 0 Å². The molecule has 1 aromatic heterocycles. The van der Waals surface area contributed by atoms with Gasteiger partial charge in [-0.2, -0.15) is 5.26 Å². The third-order valence-electron chi connectivity index (χ3n) is 2.06. The Morgan fingerprint density at radius 2 is 2.19 bits per heavy atom. The summed E-state index contributed by atoms with van der Waals surface area (Å²) in [6.45, 7) is 0.350. The quantitative estimate of drug-likeness (QED) is 0.576. The van der Waals surface area contributed by atoms with Crippen molar-refractivity contribution in [1.29, 1.82) is 5.26 Å². The Balaban J connectivity index is 3.16. The fourth-order valence-electron chi connectivity index (χ4n) is 1.29. The van der Waals surface area contributed by atoms with Crippen molar-refractivity contribution in [3.63, 3.8) is 0 Å². The van der Waals surface area contributed by atoms with Crippen LogP contribution in [0.1, 0.15) is 5.56 Å². The van der Waals surface area contributed by atoms with E-state index in [9.17, 15) is 0 Å². The summed E-state index contributed by atoms with van der Waals surface area (Å²) in [5.41, 5.74) is 1.14. The number of aliphatic hydroxyl groups excluding tert-OH is 1. The number of hydrogen-bond acceptors (Lipinski definition) is 6. The summed E-state index contributed by atoms with van der Waals surface area (Å²) in [6.07, 6.45) is 0. The Bertz CT molecular complexity index is 399. The first kappa shape index (κ1) is 12.1. The van der Waals surface area contributed by atoms with Crippen molar-refractivity contribution in [3.05, 3.63) is 11.6 Å². The average Bonchev–Trinajstić information content (AvgIpc) is 2.34. The molecule has 1 aromatic rings. The second kappa shape index (κ2) is 5.78. The molecule has 1 heterocycles. The summed E-state index contributed by atoms with van der Waals surface area (Å²) in [5, 5.41) is 26.5. The van der Waals surface area contributed by atoms with Crippen LogP contribution in [0.2, 0.25) is 0 Å². The molecule has 6 heteroatoms. The van der Waals surface area contributed by atoms with Crippen molar-refractivity contribution in [1.82, 2.24) is 4.98 Å². The maximum Gasteiger partial charge on any atom is 0.148 e. The summed E-state index contributed by atoms with van der Waals surface area (Å²) in [4.78, 5) is 4.21. The van der Waals surface area contributed by atoms with E-state index in [1.54, 1.807) is 20.2 Å². The average molecular weight is 221 g/mol. The highest BCUT2D eigenvalue weighted by molar-refractivity contribution is 5.71. The number of nitrogens with zero attached hydrogens (tertiary/aromatic N) is 2. The van der Waals surface area contributed by atoms with Crippen LogP contribution in [0.5, 0.6) is 0 Å². The van der Waals surface area contributed by atoms with Crippen molar-refractivity contribution in [2.75, 3.05) is 43.2 Å². The zero-order chi connectivity index (χ0) is 12.0. The second-order valence-corrected chi connectivity index (χ2v) is 3.04. The van der Waals surface area contributed by atoms with Crippen LogP contribution in [-0.2, 0) is 0 Å². The number of nitriles is 1. The standard InChI is InChI=1S/C10H15N5O/c1-12-8-5-9(13-2)15-10(7(8)6-11)14-3-4-16/h5,16H,3-4H2,1-2H3,(H3,12,13,14,15). The van der Waals surface area contributed by atoms with E-state index in [2.05, 4.69) is 27.0 Å². The third kappa shape index (κ3) is 2.52. The number of aromatic nitrogens is 1. The molecule has 0 radical (unpaired) electrons. The predicted molar refractivity (Wildman–Crippen MR) is 63.6 cm³/mol. The molecule has 0 saturated heterocycles. The molecular weight excluding hydrogens is 206 g/mol. The summed E-state index contributed by atoms with van der Waals surface area (Å²) in [5.74, 6) is 1.12. The van der Waals surface area contributed by atoms with Gasteiger partial charge < -0.3 is 21.1 Å². The monoisotopic (exact) mass is 221 g/mol. The molecule has 4 N–H and O–H groups in total. The van der Waals surface area contributed by atoms with Crippen LogP contribution in [0.3, 0.4) is 0 Å². The van der Waals surface area contributed by atoms with E-state index < -0.39 is 0 Å². The summed E-state index contributed by atoms with van der Waals surface area (Å²) < 4.78 is 0. The lowest BCUT2D eigenvalue weighted by molar-refractivity contribution is 0.311. The van der Waals surface area contributed by atoms with Crippen LogP contribution >= 0.6 is 0 Å². The molecule has 0 aliphatic rings. The van der Waals surface area contributed by atoms with Crippen LogP contribution in [0.25, 0.3) is 0 Å². The zero-order valence-corrected chi connectivity index (χ0v) is 9.33. The van der Waals surface area contributed by atoms with Gasteiger partial charge in [-0.05, 0) is 0 Å². The number of rotatable bonds is 5. The Labute approximate surface area is 94.3 Å². The van der Waals surface area contributed by atoms with Gasteiger partial charge >= 0.3 is 0 Å². The highest BCUT2D eigenvalue weighted by Crippen LogP contribution is 2.24. The number of pyridine rings is 1. The second-order valence-electron chi connectivity index (χ2n) is 3.04. The molecule has 0 amide bonds. The first-order valence-electron chi connectivity index (χ1n) is 4.92. The van der Waals surface area contributed by atoms with E-state index in [1.165, 1.54) is 0 Å². The molecule has 0 bridgehead atoms. The Kier molecular flexibility index (Phi) is 4.36. The summed E-state index contributed by atoms with van der Waals surface area (Å²) in [6, 6.07) is 3.83.